The van der Waals surface area contributed by atoms with Gasteiger partial charge in [0.1, 0.15) is 11.5 Å². The highest BCUT2D eigenvalue weighted by atomic mass is 16.5. The molecule has 0 unspecified atom stereocenters. The Kier molecular flexibility index (Phi) is 10.6. The molecule has 38 heavy (non-hydrogen) atoms. The lowest BCUT2D eigenvalue weighted by Gasteiger charge is -2.28. The van der Waals surface area contributed by atoms with E-state index in [4.69, 9.17) is 14.2 Å². The van der Waals surface area contributed by atoms with Crippen LogP contribution in [0, 0.1) is 0 Å². The lowest BCUT2D eigenvalue weighted by atomic mass is 9.95. The molecule has 8 nitrogen and oxygen atoms in total. The number of carbonyl (C=O) groups excluding carboxylic acids is 2. The highest BCUT2D eigenvalue weighted by molar-refractivity contribution is 6.46. The zero-order valence-electron chi connectivity index (χ0n) is 23.2. The van der Waals surface area contributed by atoms with Gasteiger partial charge in [-0.25, -0.2) is 0 Å². The maximum absolute atomic E-state index is 13.3. The lowest BCUT2D eigenvalue weighted by molar-refractivity contribution is -0.140. The average molecular weight is 525 g/mol. The predicted octanol–water partition coefficient (Wildman–Crippen LogP) is 5.04. The van der Waals surface area contributed by atoms with E-state index >= 15 is 0 Å². The summed E-state index contributed by atoms with van der Waals surface area (Å²) < 4.78 is 16.5. The molecule has 0 aliphatic carbocycles. The molecule has 1 aliphatic rings. The molecule has 1 aliphatic heterocycles. The number of carbonyl (C=O) groups is 2. The van der Waals surface area contributed by atoms with Crippen LogP contribution in [0.5, 0.6) is 17.2 Å². The minimum Gasteiger partial charge on any atom is -0.507 e. The summed E-state index contributed by atoms with van der Waals surface area (Å²) >= 11 is 0. The molecule has 0 saturated carbocycles. The number of Topliss-reactive ketones (excluding diaryl/α,β-unsaturated/α-hetero) is 1. The van der Waals surface area contributed by atoms with Crippen molar-refractivity contribution in [2.45, 2.75) is 46.1 Å². The molecule has 0 bridgehead atoms. The Hall–Kier alpha value is -3.52. The van der Waals surface area contributed by atoms with Crippen molar-refractivity contribution >= 4 is 17.4 Å². The van der Waals surface area contributed by atoms with Crippen LogP contribution >= 0.6 is 0 Å². The van der Waals surface area contributed by atoms with E-state index in [1.165, 1.54) is 14.2 Å². The SMILES string of the molecule is CCCCCOc1ccc([C@H]2C(=C(O)c3ccc(OC)c(OC)c3)C(=O)C(=O)N2CCN(CC)CC)cc1. The van der Waals surface area contributed by atoms with Gasteiger partial charge in [-0.05, 0) is 55.4 Å². The molecule has 8 heteroatoms. The van der Waals surface area contributed by atoms with Crippen molar-refractivity contribution in [2.24, 2.45) is 0 Å². The van der Waals surface area contributed by atoms with Crippen LogP contribution in [-0.2, 0) is 9.59 Å². The number of ketones is 1. The molecule has 1 amide bonds. The second-order valence-corrected chi connectivity index (χ2v) is 9.21. The number of aliphatic hydroxyl groups excluding tert-OH is 1. The number of ether oxygens (including phenoxy) is 3. The Balaban J connectivity index is 2.03. The summed E-state index contributed by atoms with van der Waals surface area (Å²) in [5.74, 6) is 0.0541. The monoisotopic (exact) mass is 524 g/mol. The van der Waals surface area contributed by atoms with Gasteiger partial charge in [0.15, 0.2) is 11.5 Å². The van der Waals surface area contributed by atoms with E-state index in [0.29, 0.717) is 36.8 Å². The van der Waals surface area contributed by atoms with Gasteiger partial charge in [0.25, 0.3) is 11.7 Å². The fraction of sp³-hybridized carbons (Fsp3) is 0.467. The summed E-state index contributed by atoms with van der Waals surface area (Å²) in [6, 6.07) is 11.6. The molecule has 1 N–H and O–H groups in total. The van der Waals surface area contributed by atoms with Gasteiger partial charge >= 0.3 is 0 Å². The summed E-state index contributed by atoms with van der Waals surface area (Å²) in [7, 11) is 3.02. The summed E-state index contributed by atoms with van der Waals surface area (Å²) in [6.45, 7) is 9.54. The summed E-state index contributed by atoms with van der Waals surface area (Å²) in [5.41, 5.74) is 1.15. The summed E-state index contributed by atoms with van der Waals surface area (Å²) in [4.78, 5) is 30.4. The smallest absolute Gasteiger partial charge is 0.295 e. The van der Waals surface area contributed by atoms with Gasteiger partial charge in [0.05, 0.1) is 32.4 Å². The third-order valence-electron chi connectivity index (χ3n) is 6.96. The van der Waals surface area contributed by atoms with Crippen molar-refractivity contribution in [3.05, 3.63) is 59.2 Å². The number of hydrogen-bond acceptors (Lipinski definition) is 7. The molecule has 0 radical (unpaired) electrons. The normalized spacial score (nSPS) is 16.8. The van der Waals surface area contributed by atoms with Crippen LogP contribution in [0.25, 0.3) is 5.76 Å². The fourth-order valence-electron chi connectivity index (χ4n) is 4.67. The molecule has 0 aromatic heterocycles. The molecule has 206 valence electrons. The minimum absolute atomic E-state index is 0.0541. The largest absolute Gasteiger partial charge is 0.507 e. The first-order valence-corrected chi connectivity index (χ1v) is 13.4. The fourth-order valence-corrected chi connectivity index (χ4v) is 4.67. The maximum Gasteiger partial charge on any atom is 0.295 e. The van der Waals surface area contributed by atoms with Crippen LogP contribution in [-0.4, -0.2) is 73.6 Å². The van der Waals surface area contributed by atoms with Gasteiger partial charge in [0.2, 0.25) is 0 Å². The van der Waals surface area contributed by atoms with Crippen LogP contribution in [0.4, 0.5) is 0 Å². The highest BCUT2D eigenvalue weighted by Gasteiger charge is 2.46. The molecule has 0 spiro atoms. The molecule has 1 saturated heterocycles. The van der Waals surface area contributed by atoms with E-state index in [2.05, 4.69) is 25.7 Å². The summed E-state index contributed by atoms with van der Waals surface area (Å²) in [5, 5.41) is 11.4. The molecule has 3 rings (SSSR count). The number of aliphatic hydroxyl groups is 1. The first-order chi connectivity index (χ1) is 18.4. The van der Waals surface area contributed by atoms with E-state index in [9.17, 15) is 14.7 Å². The van der Waals surface area contributed by atoms with E-state index < -0.39 is 17.7 Å². The number of likely N-dealkylation sites (N-methyl/N-ethyl adjacent to an activating group) is 1. The van der Waals surface area contributed by atoms with Crippen LogP contribution in [0.15, 0.2) is 48.0 Å². The predicted molar refractivity (Wildman–Crippen MR) is 148 cm³/mol. The minimum atomic E-state index is -0.729. The number of methoxy groups -OCH3 is 2. The maximum atomic E-state index is 13.3. The highest BCUT2D eigenvalue weighted by Crippen LogP contribution is 2.41. The topological polar surface area (TPSA) is 88.5 Å². The van der Waals surface area contributed by atoms with Crippen molar-refractivity contribution in [3.8, 4) is 17.2 Å². The number of benzene rings is 2. The van der Waals surface area contributed by atoms with Crippen molar-refractivity contribution < 1.29 is 28.9 Å². The Morgan fingerprint density at radius 1 is 0.947 bits per heavy atom. The quantitative estimate of drug-likeness (QED) is 0.160. The van der Waals surface area contributed by atoms with Gasteiger partial charge in [-0.1, -0.05) is 45.7 Å². The third-order valence-corrected chi connectivity index (χ3v) is 6.96. The van der Waals surface area contributed by atoms with Crippen molar-refractivity contribution in [1.82, 2.24) is 9.80 Å². The molecule has 2 aromatic rings. The Morgan fingerprint density at radius 3 is 2.24 bits per heavy atom. The Bertz CT molecular complexity index is 1120. The molecular formula is C30H40N2O6. The average Bonchev–Trinajstić information content (AvgIpc) is 3.20. The number of nitrogens with zero attached hydrogens (tertiary/aromatic N) is 2. The Morgan fingerprint density at radius 2 is 1.63 bits per heavy atom. The van der Waals surface area contributed by atoms with E-state index in [0.717, 1.165) is 43.7 Å². The van der Waals surface area contributed by atoms with Crippen molar-refractivity contribution in [3.63, 3.8) is 0 Å². The Labute approximate surface area is 225 Å². The number of amides is 1. The lowest BCUT2D eigenvalue weighted by Crippen LogP contribution is -2.38. The standard InChI is InChI=1S/C30H40N2O6/c1-6-9-10-19-38-23-14-11-21(12-15-23)27-26(28(33)22-13-16-24(36-4)25(20-22)37-5)29(34)30(35)32(27)18-17-31(7-2)8-3/h11-16,20,27,33H,6-10,17-19H2,1-5H3/t27-/m0/s1. The number of hydrogen-bond donors (Lipinski definition) is 1. The molecular weight excluding hydrogens is 484 g/mol. The van der Waals surface area contributed by atoms with E-state index in [1.54, 1.807) is 23.1 Å². The van der Waals surface area contributed by atoms with Crippen molar-refractivity contribution in [1.29, 1.82) is 0 Å². The second kappa shape index (κ2) is 13.9. The number of likely N-dealkylation sites (tertiary alicyclic amines) is 1. The second-order valence-electron chi connectivity index (χ2n) is 9.21. The molecule has 1 fully saturated rings. The zero-order chi connectivity index (χ0) is 27.7. The molecule has 2 aromatic carbocycles. The first-order valence-electron chi connectivity index (χ1n) is 13.4. The van der Waals surface area contributed by atoms with E-state index in [1.807, 2.05) is 24.3 Å². The van der Waals surface area contributed by atoms with Gasteiger partial charge in [-0.3, -0.25) is 9.59 Å². The zero-order valence-corrected chi connectivity index (χ0v) is 23.2. The molecule has 1 atom stereocenters. The first kappa shape index (κ1) is 29.0. The van der Waals surface area contributed by atoms with Gasteiger partial charge in [-0.15, -0.1) is 0 Å². The van der Waals surface area contributed by atoms with Gasteiger partial charge in [-0.2, -0.15) is 0 Å². The third kappa shape index (κ3) is 6.48. The van der Waals surface area contributed by atoms with Crippen LogP contribution in [0.3, 0.4) is 0 Å². The van der Waals surface area contributed by atoms with Crippen molar-refractivity contribution in [2.75, 3.05) is 47.0 Å². The molecule has 1 heterocycles. The number of rotatable bonds is 14. The number of unbranched alkanes of at least 4 members (excludes halogenated alkanes) is 2. The van der Waals surface area contributed by atoms with Gasteiger partial charge < -0.3 is 29.1 Å². The van der Waals surface area contributed by atoms with Crippen LogP contribution in [0.2, 0.25) is 0 Å². The van der Waals surface area contributed by atoms with Gasteiger partial charge in [0, 0.05) is 18.7 Å². The van der Waals surface area contributed by atoms with E-state index in [-0.39, 0.29) is 11.3 Å². The van der Waals surface area contributed by atoms with Crippen LogP contribution < -0.4 is 14.2 Å². The summed E-state index contributed by atoms with van der Waals surface area (Å²) in [6.07, 6.45) is 3.21. The van der Waals surface area contributed by atoms with Crippen LogP contribution in [0.1, 0.15) is 57.2 Å².